The third kappa shape index (κ3) is 7.72. The Bertz CT molecular complexity index is 746. The Labute approximate surface area is 169 Å². The maximum Gasteiger partial charge on any atom is 0.335 e. The number of rotatable bonds is 13. The molecule has 0 radical (unpaired) electrons. The molecule has 8 heteroatoms. The van der Waals surface area contributed by atoms with Crippen LogP contribution < -0.4 is 5.32 Å². The minimum atomic E-state index is -0.943. The van der Waals surface area contributed by atoms with Crippen molar-refractivity contribution in [2.45, 2.75) is 45.6 Å². The number of nitrogens with zero attached hydrogens (tertiary/aromatic N) is 3. The van der Waals surface area contributed by atoms with Crippen LogP contribution >= 0.6 is 11.8 Å². The highest BCUT2D eigenvalue weighted by atomic mass is 32.2. The van der Waals surface area contributed by atoms with E-state index in [-0.39, 0.29) is 11.5 Å². The third-order valence-corrected chi connectivity index (χ3v) is 5.36. The number of amides is 1. The molecule has 0 aliphatic heterocycles. The number of hydrogen-bond acceptors (Lipinski definition) is 5. The Morgan fingerprint density at radius 2 is 1.93 bits per heavy atom. The summed E-state index contributed by atoms with van der Waals surface area (Å²) in [5.74, 6) is 1.21. The van der Waals surface area contributed by atoms with Crippen molar-refractivity contribution in [2.24, 2.45) is 0 Å². The summed E-state index contributed by atoms with van der Waals surface area (Å²) >= 11 is 1.83. The first-order valence-corrected chi connectivity index (χ1v) is 10.8. The minimum absolute atomic E-state index is 0.137. The lowest BCUT2D eigenvalue weighted by Crippen LogP contribution is -2.24. The number of carboxylic acids is 1. The largest absolute Gasteiger partial charge is 0.478 e. The Kier molecular flexibility index (Phi) is 9.54. The molecule has 2 aromatic rings. The fourth-order valence-electron chi connectivity index (χ4n) is 2.63. The van der Waals surface area contributed by atoms with Crippen molar-refractivity contribution in [2.75, 3.05) is 18.1 Å². The highest BCUT2D eigenvalue weighted by molar-refractivity contribution is 7.99. The van der Waals surface area contributed by atoms with Crippen LogP contribution in [0, 0.1) is 0 Å². The number of carbonyl (C=O) groups is 2. The quantitative estimate of drug-likeness (QED) is 0.496. The summed E-state index contributed by atoms with van der Waals surface area (Å²) < 4.78 is 1.80. The van der Waals surface area contributed by atoms with Crippen LogP contribution in [-0.2, 0) is 11.3 Å². The van der Waals surface area contributed by atoms with Crippen LogP contribution in [0.1, 0.15) is 49.4 Å². The van der Waals surface area contributed by atoms with E-state index >= 15 is 0 Å². The Hall–Kier alpha value is -2.35. The first-order valence-electron chi connectivity index (χ1n) is 9.68. The second kappa shape index (κ2) is 12.2. The van der Waals surface area contributed by atoms with Crippen LogP contribution in [-0.4, -0.2) is 50.0 Å². The minimum Gasteiger partial charge on any atom is -0.478 e. The topological polar surface area (TPSA) is 97.1 Å². The molecule has 1 aromatic carbocycles. The molecular weight excluding hydrogens is 376 g/mol. The first kappa shape index (κ1) is 21.9. The molecular formula is C20H28N4O3S. The normalized spacial score (nSPS) is 10.8. The van der Waals surface area contributed by atoms with E-state index in [2.05, 4.69) is 22.6 Å². The van der Waals surface area contributed by atoms with Gasteiger partial charge in [0.15, 0.2) is 0 Å². The summed E-state index contributed by atoms with van der Waals surface area (Å²) in [4.78, 5) is 22.6. The first-order chi connectivity index (χ1) is 13.6. The monoisotopic (exact) mass is 404 g/mol. The predicted molar refractivity (Wildman–Crippen MR) is 112 cm³/mol. The number of aromatic carboxylic acids is 1. The number of benzene rings is 1. The lowest BCUT2D eigenvalue weighted by atomic mass is 10.1. The van der Waals surface area contributed by atoms with Gasteiger partial charge in [0.05, 0.1) is 11.8 Å². The third-order valence-electron chi connectivity index (χ3n) is 4.17. The van der Waals surface area contributed by atoms with Crippen LogP contribution in [0.15, 0.2) is 30.5 Å². The van der Waals surface area contributed by atoms with Gasteiger partial charge in [-0.15, -0.1) is 5.10 Å². The molecule has 28 heavy (non-hydrogen) atoms. The van der Waals surface area contributed by atoms with Crippen LogP contribution in [0.2, 0.25) is 0 Å². The van der Waals surface area contributed by atoms with E-state index in [1.807, 2.05) is 18.0 Å². The summed E-state index contributed by atoms with van der Waals surface area (Å²) in [6.45, 7) is 3.63. The van der Waals surface area contributed by atoms with Crippen molar-refractivity contribution in [3.63, 3.8) is 0 Å². The summed E-state index contributed by atoms with van der Waals surface area (Å²) in [6, 6.07) is 6.60. The Morgan fingerprint density at radius 1 is 1.14 bits per heavy atom. The lowest BCUT2D eigenvalue weighted by molar-refractivity contribution is -0.120. The van der Waals surface area contributed by atoms with Gasteiger partial charge in [0.1, 0.15) is 5.69 Å². The molecule has 7 nitrogen and oxygen atoms in total. The van der Waals surface area contributed by atoms with Crippen LogP contribution in [0.5, 0.6) is 0 Å². The maximum absolute atomic E-state index is 11.7. The highest BCUT2D eigenvalue weighted by Crippen LogP contribution is 2.17. The van der Waals surface area contributed by atoms with Gasteiger partial charge in [-0.2, -0.15) is 11.8 Å². The van der Waals surface area contributed by atoms with E-state index < -0.39 is 5.97 Å². The molecule has 0 bridgehead atoms. The molecule has 2 rings (SSSR count). The molecule has 1 amide bonds. The van der Waals surface area contributed by atoms with Gasteiger partial charge in [-0.3, -0.25) is 9.48 Å². The fraction of sp³-hybridized carbons (Fsp3) is 0.500. The Morgan fingerprint density at radius 3 is 2.64 bits per heavy atom. The molecule has 0 saturated carbocycles. The van der Waals surface area contributed by atoms with E-state index in [0.29, 0.717) is 6.42 Å². The molecule has 2 N–H and O–H groups in total. The summed E-state index contributed by atoms with van der Waals surface area (Å²) in [5.41, 5.74) is 1.82. The van der Waals surface area contributed by atoms with E-state index in [9.17, 15) is 9.59 Å². The van der Waals surface area contributed by atoms with E-state index in [4.69, 9.17) is 5.11 Å². The molecule has 0 fully saturated rings. The zero-order valence-corrected chi connectivity index (χ0v) is 17.1. The number of carboxylic acid groups (broad SMARTS) is 1. The SMILES string of the molecule is CCCSCCC(=O)NCCCCCn1cc(-c2ccc(C(=O)O)cc2)nn1. The maximum atomic E-state index is 11.7. The number of hydrogen-bond donors (Lipinski definition) is 2. The number of nitrogens with one attached hydrogen (secondary N) is 1. The van der Waals surface area contributed by atoms with Gasteiger partial charge in [-0.1, -0.05) is 24.3 Å². The van der Waals surface area contributed by atoms with Gasteiger partial charge in [0.25, 0.3) is 0 Å². The molecule has 152 valence electrons. The summed E-state index contributed by atoms with van der Waals surface area (Å²) in [6.07, 6.45) is 6.53. The predicted octanol–water partition coefficient (Wildman–Crippen LogP) is 3.46. The molecule has 0 spiro atoms. The smallest absolute Gasteiger partial charge is 0.335 e. The van der Waals surface area contributed by atoms with E-state index in [1.165, 1.54) is 0 Å². The highest BCUT2D eigenvalue weighted by Gasteiger charge is 2.06. The average molecular weight is 405 g/mol. The Balaban J connectivity index is 1.61. The van der Waals surface area contributed by atoms with Crippen molar-refractivity contribution in [3.05, 3.63) is 36.0 Å². The van der Waals surface area contributed by atoms with Gasteiger partial charge in [-0.25, -0.2) is 4.79 Å². The zero-order chi connectivity index (χ0) is 20.2. The lowest BCUT2D eigenvalue weighted by Gasteiger charge is -2.05. The molecule has 0 unspecified atom stereocenters. The van der Waals surface area contributed by atoms with Gasteiger partial charge in [0, 0.05) is 30.8 Å². The van der Waals surface area contributed by atoms with Gasteiger partial charge in [0.2, 0.25) is 5.91 Å². The summed E-state index contributed by atoms with van der Waals surface area (Å²) in [5, 5.41) is 20.2. The van der Waals surface area contributed by atoms with Crippen LogP contribution in [0.4, 0.5) is 0 Å². The van der Waals surface area contributed by atoms with Crippen LogP contribution in [0.25, 0.3) is 11.3 Å². The number of thioether (sulfide) groups is 1. The van der Waals surface area contributed by atoms with Crippen LogP contribution in [0.3, 0.4) is 0 Å². The number of aromatic nitrogens is 3. The molecule has 1 aromatic heterocycles. The van der Waals surface area contributed by atoms with Gasteiger partial charge in [-0.05, 0) is 43.6 Å². The second-order valence-corrected chi connectivity index (χ2v) is 7.75. The number of carbonyl (C=O) groups excluding carboxylic acids is 1. The number of unbranched alkanes of at least 4 members (excludes halogenated alkanes) is 2. The van der Waals surface area contributed by atoms with Crippen molar-refractivity contribution in [3.8, 4) is 11.3 Å². The fourth-order valence-corrected chi connectivity index (χ4v) is 3.45. The van der Waals surface area contributed by atoms with E-state index in [1.54, 1.807) is 28.9 Å². The average Bonchev–Trinajstić information content (AvgIpc) is 3.17. The molecule has 0 saturated heterocycles. The molecule has 0 aliphatic rings. The molecule has 0 aliphatic carbocycles. The zero-order valence-electron chi connectivity index (χ0n) is 16.3. The van der Waals surface area contributed by atoms with E-state index in [0.717, 1.165) is 61.5 Å². The van der Waals surface area contributed by atoms with Crippen molar-refractivity contribution in [1.82, 2.24) is 20.3 Å². The van der Waals surface area contributed by atoms with Crippen molar-refractivity contribution in [1.29, 1.82) is 0 Å². The van der Waals surface area contributed by atoms with Gasteiger partial charge >= 0.3 is 5.97 Å². The van der Waals surface area contributed by atoms with Gasteiger partial charge < -0.3 is 10.4 Å². The standard InChI is InChI=1S/C20H28N4O3S/c1-2-13-28-14-10-19(25)21-11-4-3-5-12-24-15-18(22-23-24)16-6-8-17(9-7-16)20(26)27/h6-9,15H,2-5,10-14H2,1H3,(H,21,25)(H,26,27). The van der Waals surface area contributed by atoms with Crippen molar-refractivity contribution >= 4 is 23.6 Å². The number of aryl methyl sites for hydroxylation is 1. The molecule has 0 atom stereocenters. The summed E-state index contributed by atoms with van der Waals surface area (Å²) in [7, 11) is 0. The molecule has 1 heterocycles. The van der Waals surface area contributed by atoms with Crippen molar-refractivity contribution < 1.29 is 14.7 Å². The second-order valence-electron chi connectivity index (χ2n) is 6.52.